The number of nitrogens with zero attached hydrogens (tertiary/aromatic N) is 2. The molecule has 0 aliphatic carbocycles. The molecule has 13 nitrogen and oxygen atoms in total. The van der Waals surface area contributed by atoms with Crippen LogP contribution in [0.4, 0.5) is 0 Å². The molecule has 0 amide bonds. The first-order valence-electron chi connectivity index (χ1n) is 8.82. The van der Waals surface area contributed by atoms with Crippen molar-refractivity contribution in [2.45, 2.75) is 32.3 Å². The van der Waals surface area contributed by atoms with Gasteiger partial charge >= 0.3 is 20.8 Å². The topological polar surface area (TPSA) is 211 Å². The van der Waals surface area contributed by atoms with E-state index in [2.05, 4.69) is 9.80 Å². The average Bonchev–Trinajstić information content (AvgIpc) is 2.56. The van der Waals surface area contributed by atoms with Gasteiger partial charge in [0.05, 0.1) is 19.3 Å². The highest BCUT2D eigenvalue weighted by Crippen LogP contribution is 1.97. The number of aliphatic hydroxyl groups excluding tert-OH is 1. The van der Waals surface area contributed by atoms with Crippen molar-refractivity contribution in [2.75, 3.05) is 60.0 Å². The molecule has 0 aromatic carbocycles. The van der Waals surface area contributed by atoms with Crippen LogP contribution in [0, 0.1) is 0 Å². The van der Waals surface area contributed by atoms with E-state index >= 15 is 0 Å². The van der Waals surface area contributed by atoms with Crippen LogP contribution in [0.2, 0.25) is 0 Å². The van der Waals surface area contributed by atoms with Gasteiger partial charge in [0.15, 0.2) is 0 Å². The molecule has 15 heteroatoms. The molecule has 1 saturated heterocycles. The Bertz CT molecular complexity index is 506. The van der Waals surface area contributed by atoms with E-state index in [0.29, 0.717) is 0 Å². The molecular formula is C14H37N3O10S2. The summed E-state index contributed by atoms with van der Waals surface area (Å²) in [6.07, 6.45) is 2.77. The fourth-order valence-electron chi connectivity index (χ4n) is 1.75. The lowest BCUT2D eigenvalue weighted by Gasteiger charge is -2.26. The molecule has 1 aliphatic rings. The highest BCUT2D eigenvalue weighted by atomic mass is 32.3. The predicted molar refractivity (Wildman–Crippen MR) is 109 cm³/mol. The summed E-state index contributed by atoms with van der Waals surface area (Å²) in [4.78, 5) is 4.48. The lowest BCUT2D eigenvalue weighted by atomic mass is 10.2. The van der Waals surface area contributed by atoms with Crippen LogP contribution in [0.15, 0.2) is 0 Å². The molecule has 7 N–H and O–H groups in total. The van der Waals surface area contributed by atoms with Gasteiger partial charge in [-0.15, -0.1) is 0 Å². The zero-order chi connectivity index (χ0) is 23.5. The fraction of sp³-hybridized carbons (Fsp3) is 1.00. The minimum atomic E-state index is -4.67. The van der Waals surface area contributed by atoms with E-state index in [1.54, 1.807) is 0 Å². The van der Waals surface area contributed by atoms with E-state index in [0.717, 1.165) is 65.2 Å². The third kappa shape index (κ3) is 52.3. The maximum Gasteiger partial charge on any atom is 0.394 e. The molecular weight excluding hydrogens is 434 g/mol. The maximum absolute atomic E-state index is 9.08. The summed E-state index contributed by atoms with van der Waals surface area (Å²) in [5, 5.41) is 9.08. The van der Waals surface area contributed by atoms with Crippen molar-refractivity contribution < 1.29 is 44.9 Å². The number of ether oxygens (including phenoxy) is 1. The van der Waals surface area contributed by atoms with Crippen LogP contribution in [-0.2, 0) is 25.5 Å². The summed E-state index contributed by atoms with van der Waals surface area (Å²) < 4.78 is 68.4. The predicted octanol–water partition coefficient (Wildman–Crippen LogP) is -0.929. The van der Waals surface area contributed by atoms with Crippen LogP contribution in [0.5, 0.6) is 0 Å². The quantitative estimate of drug-likeness (QED) is 0.248. The van der Waals surface area contributed by atoms with E-state index in [-0.39, 0.29) is 6.10 Å². The first-order chi connectivity index (χ1) is 13.1. The first kappa shape index (κ1) is 33.2. The minimum Gasteiger partial charge on any atom is -0.393 e. The number of morpholine rings is 1. The molecule has 0 aromatic heterocycles. The van der Waals surface area contributed by atoms with Crippen molar-refractivity contribution in [3.8, 4) is 0 Å². The summed E-state index contributed by atoms with van der Waals surface area (Å²) in [6, 6.07) is 0. The Balaban J connectivity index is -0.000000328. The molecule has 0 radical (unpaired) electrons. The van der Waals surface area contributed by atoms with Gasteiger partial charge in [-0.2, -0.15) is 16.8 Å². The largest absolute Gasteiger partial charge is 0.394 e. The number of rotatable bonds is 7. The van der Waals surface area contributed by atoms with Gasteiger partial charge in [0.2, 0.25) is 0 Å². The molecule has 0 spiro atoms. The number of aliphatic hydroxyl groups is 1. The normalized spacial score (nSPS) is 15.8. The third-order valence-electron chi connectivity index (χ3n) is 3.16. The molecule has 1 atom stereocenters. The Hall–Kier alpha value is -0.460. The Kier molecular flexibility index (Phi) is 22.3. The summed E-state index contributed by atoms with van der Waals surface area (Å²) >= 11 is 0. The molecule has 1 fully saturated rings. The van der Waals surface area contributed by atoms with Crippen molar-refractivity contribution >= 4 is 20.8 Å². The Morgan fingerprint density at radius 2 is 1.45 bits per heavy atom. The van der Waals surface area contributed by atoms with Gasteiger partial charge in [0.25, 0.3) is 0 Å². The van der Waals surface area contributed by atoms with E-state index < -0.39 is 20.8 Å². The van der Waals surface area contributed by atoms with Gasteiger partial charge in [-0.05, 0) is 53.0 Å². The van der Waals surface area contributed by atoms with Crippen molar-refractivity contribution in [3.05, 3.63) is 0 Å². The minimum absolute atomic E-state index is 0.104. The Morgan fingerprint density at radius 1 is 1.03 bits per heavy atom. The van der Waals surface area contributed by atoms with Gasteiger partial charge in [-0.3, -0.25) is 23.1 Å². The SMILES string of the molecule is CCC(O)CCN(C)C.NCCCN1CCOCC1.O=S(=O)(O)O.O=S(=O)(O)O. The molecule has 29 heavy (non-hydrogen) atoms. The summed E-state index contributed by atoms with van der Waals surface area (Å²) in [6.45, 7) is 8.88. The second-order valence-electron chi connectivity index (χ2n) is 6.15. The van der Waals surface area contributed by atoms with E-state index in [4.69, 9.17) is 50.6 Å². The highest BCUT2D eigenvalue weighted by Gasteiger charge is 2.08. The third-order valence-corrected chi connectivity index (χ3v) is 3.16. The number of hydrogen-bond donors (Lipinski definition) is 6. The Labute approximate surface area is 174 Å². The smallest absolute Gasteiger partial charge is 0.393 e. The molecule has 1 heterocycles. The van der Waals surface area contributed by atoms with Crippen LogP contribution in [0.25, 0.3) is 0 Å². The second-order valence-corrected chi connectivity index (χ2v) is 7.94. The molecule has 180 valence electrons. The van der Waals surface area contributed by atoms with Gasteiger partial charge in [-0.25, -0.2) is 0 Å². The van der Waals surface area contributed by atoms with Crippen molar-refractivity contribution in [3.63, 3.8) is 0 Å². The van der Waals surface area contributed by atoms with Crippen LogP contribution in [0.1, 0.15) is 26.2 Å². The van der Waals surface area contributed by atoms with Gasteiger partial charge in [-0.1, -0.05) is 6.92 Å². The van der Waals surface area contributed by atoms with E-state index in [9.17, 15) is 0 Å². The standard InChI is InChI=1S/C7H16N2O.C7H17NO.2H2O4S/c8-2-1-3-9-4-6-10-7-5-9;1-4-7(9)5-6-8(2)3;2*1-5(2,3)4/h1-8H2;7,9H,4-6H2,1-3H3;2*(H2,1,2,3,4). The highest BCUT2D eigenvalue weighted by molar-refractivity contribution is 7.80. The first-order valence-corrected chi connectivity index (χ1v) is 11.6. The van der Waals surface area contributed by atoms with Gasteiger partial charge in [0.1, 0.15) is 0 Å². The van der Waals surface area contributed by atoms with Crippen LogP contribution in [0.3, 0.4) is 0 Å². The van der Waals surface area contributed by atoms with Crippen LogP contribution in [-0.4, -0.2) is 116 Å². The second kappa shape index (κ2) is 19.5. The van der Waals surface area contributed by atoms with Crippen molar-refractivity contribution in [1.82, 2.24) is 9.80 Å². The number of hydrogen-bond acceptors (Lipinski definition) is 9. The summed E-state index contributed by atoms with van der Waals surface area (Å²) in [5.41, 5.74) is 5.39. The van der Waals surface area contributed by atoms with Crippen molar-refractivity contribution in [2.24, 2.45) is 5.73 Å². The summed E-state index contributed by atoms with van der Waals surface area (Å²) in [7, 11) is -5.30. The molecule has 1 aliphatic heterocycles. The lowest BCUT2D eigenvalue weighted by Crippen LogP contribution is -2.37. The summed E-state index contributed by atoms with van der Waals surface area (Å²) in [5.74, 6) is 0. The molecule has 0 bridgehead atoms. The molecule has 1 rings (SSSR count). The van der Waals surface area contributed by atoms with E-state index in [1.807, 2.05) is 21.0 Å². The molecule has 0 aromatic rings. The van der Waals surface area contributed by atoms with Crippen LogP contribution >= 0.6 is 0 Å². The van der Waals surface area contributed by atoms with Gasteiger partial charge < -0.3 is 20.5 Å². The zero-order valence-electron chi connectivity index (χ0n) is 17.2. The fourth-order valence-corrected chi connectivity index (χ4v) is 1.75. The molecule has 1 unspecified atom stereocenters. The van der Waals surface area contributed by atoms with Crippen LogP contribution < -0.4 is 5.73 Å². The Morgan fingerprint density at radius 3 is 1.76 bits per heavy atom. The molecule has 0 saturated carbocycles. The average molecular weight is 472 g/mol. The van der Waals surface area contributed by atoms with Gasteiger partial charge in [0, 0.05) is 13.1 Å². The van der Waals surface area contributed by atoms with E-state index in [1.165, 1.54) is 0 Å². The monoisotopic (exact) mass is 471 g/mol. The number of nitrogens with two attached hydrogens (primary N) is 1. The maximum atomic E-state index is 9.08. The van der Waals surface area contributed by atoms with Crippen molar-refractivity contribution in [1.29, 1.82) is 0 Å². The zero-order valence-corrected chi connectivity index (χ0v) is 18.8. The lowest BCUT2D eigenvalue weighted by molar-refractivity contribution is 0.0377.